The first kappa shape index (κ1) is 76.3. The summed E-state index contributed by atoms with van der Waals surface area (Å²) in [6, 6.07) is 13.8. The number of halogens is 1. The van der Waals surface area contributed by atoms with Crippen molar-refractivity contribution in [2.45, 2.75) is 178 Å². The van der Waals surface area contributed by atoms with Crippen molar-refractivity contribution in [3.8, 4) is 5.75 Å². The van der Waals surface area contributed by atoms with E-state index in [1.54, 1.807) is 88.4 Å². The molecule has 4 aliphatic rings. The van der Waals surface area contributed by atoms with Gasteiger partial charge in [0.1, 0.15) is 65.0 Å². The minimum Gasteiger partial charge on any atom is -0.497 e. The number of fused-ring (bicyclic) bond motifs is 26. The number of alkyl carbamates (subject to hydrolysis) is 1. The third kappa shape index (κ3) is 21.1. The van der Waals surface area contributed by atoms with Crippen LogP contribution in [0.3, 0.4) is 0 Å². The zero-order chi connectivity index (χ0) is 73.3. The van der Waals surface area contributed by atoms with Gasteiger partial charge in [-0.3, -0.25) is 52.7 Å². The van der Waals surface area contributed by atoms with E-state index < -0.39 is 143 Å². The highest BCUT2D eigenvalue weighted by Gasteiger charge is 2.48. The molecule has 9 rings (SSSR count). The van der Waals surface area contributed by atoms with E-state index in [1.807, 2.05) is 12.1 Å². The third-order valence-corrected chi connectivity index (χ3v) is 18.2. The second kappa shape index (κ2) is 34.6. The van der Waals surface area contributed by atoms with Crippen LogP contribution < -0.4 is 57.9 Å². The molecule has 0 spiro atoms. The van der Waals surface area contributed by atoms with Gasteiger partial charge < -0.3 is 82.2 Å². The van der Waals surface area contributed by atoms with E-state index in [0.29, 0.717) is 51.7 Å². The van der Waals surface area contributed by atoms with E-state index in [2.05, 4.69) is 58.2 Å². The molecule has 542 valence electrons. The van der Waals surface area contributed by atoms with Crippen LogP contribution in [0.15, 0.2) is 97.2 Å². The minimum absolute atomic E-state index is 0.0684. The molecule has 0 unspecified atom stereocenters. The number of ether oxygens (including phenoxy) is 3. The largest absolute Gasteiger partial charge is 0.497 e. The summed E-state index contributed by atoms with van der Waals surface area (Å²) in [5.74, 6) is -8.60. The van der Waals surface area contributed by atoms with E-state index in [4.69, 9.17) is 14.2 Å². The standard InChI is InChI=1S/C72H92FN13O15/c1-41-62(90)83-56(40-78-70(98)101-71(3,4)5)64(92)80-53-34-46-12-10-13-47(32-46)38-77-58(87)25-24-57(85(7)67(95)55(81-63(53)91)35-48-39-75-52-23-20-49(73)36-51(48)52)65(93)84-61(42(2)99-8)66(94)82-54(33-44-18-21-50(100-9)22-19-44)68(96)86-31-11-29-72(86,6)69(97)74-30-28-43-14-16-45(17-15-43)37-76-59(88)26-27-60(89)79-41/h10,12-23,32,36,39,41-42,53-57,61,75H,11,24-31,33-35,37-38,40H2,1-9H3,(H,74,97)(H,76,88)(H,77,87)(H,78,98)(H,79,89)(H,80,92)(H,81,91)(H,82,94)(H,83,90)(H,84,93)/t41-,42+,53-,54-,55-,56+,57-,61-,72-/m0/s1. The summed E-state index contributed by atoms with van der Waals surface area (Å²) in [5, 5.41) is 27.6. The number of H-pyrrole nitrogens is 1. The van der Waals surface area contributed by atoms with Crippen LogP contribution in [-0.4, -0.2) is 186 Å². The van der Waals surface area contributed by atoms with Gasteiger partial charge in [0.2, 0.25) is 65.0 Å². The number of carbonyl (C=O) groups is 12. The molecule has 5 heterocycles. The van der Waals surface area contributed by atoms with Crippen molar-refractivity contribution in [2.75, 3.05) is 40.9 Å². The number of hydrogen-bond donors (Lipinski definition) is 11. The van der Waals surface area contributed by atoms with Gasteiger partial charge >= 0.3 is 6.09 Å². The van der Waals surface area contributed by atoms with Gasteiger partial charge in [0.25, 0.3) is 0 Å². The van der Waals surface area contributed by atoms with Crippen LogP contribution in [0.1, 0.15) is 113 Å². The Morgan fingerprint density at radius 1 is 0.673 bits per heavy atom. The highest BCUT2D eigenvalue weighted by molar-refractivity contribution is 6.00. The number of aromatic amines is 1. The molecule has 1 fully saturated rings. The molecule has 4 aliphatic heterocycles. The quantitative estimate of drug-likeness (QED) is 0.0943. The van der Waals surface area contributed by atoms with Crippen LogP contribution >= 0.6 is 0 Å². The van der Waals surface area contributed by atoms with E-state index in [0.717, 1.165) is 16.0 Å². The Balaban J connectivity index is 1.19. The fraction of sp³-hybridized carbons (Fsp3) is 0.472. The second-order valence-corrected chi connectivity index (χ2v) is 26.9. The molecule has 1 saturated heterocycles. The molecule has 1 aromatic heterocycles. The highest BCUT2D eigenvalue weighted by Crippen LogP contribution is 2.31. The van der Waals surface area contributed by atoms with Crippen LogP contribution in [-0.2, 0) is 101 Å². The van der Waals surface area contributed by atoms with Crippen molar-refractivity contribution in [1.29, 1.82) is 0 Å². The average molecular weight is 1400 g/mol. The number of likely N-dealkylation sites (N-methyl/N-ethyl adjacent to an activating group) is 1. The predicted octanol–water partition coefficient (Wildman–Crippen LogP) is 2.22. The number of methoxy groups -OCH3 is 2. The van der Waals surface area contributed by atoms with E-state index >= 15 is 28.4 Å². The smallest absolute Gasteiger partial charge is 0.407 e. The maximum absolute atomic E-state index is 15.6. The number of nitrogens with zero attached hydrogens (tertiary/aromatic N) is 2. The Labute approximate surface area is 585 Å². The Morgan fingerprint density at radius 3 is 2.03 bits per heavy atom. The van der Waals surface area contributed by atoms with E-state index in [-0.39, 0.29) is 77.5 Å². The van der Waals surface area contributed by atoms with Crippen molar-refractivity contribution >= 4 is 82.0 Å². The van der Waals surface area contributed by atoms with Crippen LogP contribution in [0.5, 0.6) is 5.75 Å². The van der Waals surface area contributed by atoms with Gasteiger partial charge in [-0.25, -0.2) is 9.18 Å². The molecular weight excluding hydrogens is 1310 g/mol. The van der Waals surface area contributed by atoms with Crippen molar-refractivity contribution in [3.63, 3.8) is 0 Å². The number of nitrogens with one attached hydrogen (secondary N) is 11. The minimum atomic E-state index is -1.69. The number of rotatable bonds is 9. The van der Waals surface area contributed by atoms with Gasteiger partial charge in [-0.05, 0) is 131 Å². The van der Waals surface area contributed by atoms with Crippen molar-refractivity contribution in [2.24, 2.45) is 0 Å². The van der Waals surface area contributed by atoms with Gasteiger partial charge in [-0.1, -0.05) is 60.7 Å². The molecule has 12 amide bonds. The van der Waals surface area contributed by atoms with Crippen molar-refractivity contribution in [3.05, 3.63) is 136 Å². The number of carbonyl (C=O) groups excluding carboxylic acids is 12. The summed E-state index contributed by atoms with van der Waals surface area (Å²) >= 11 is 0. The maximum Gasteiger partial charge on any atom is 0.407 e. The van der Waals surface area contributed by atoms with Crippen LogP contribution in [0, 0.1) is 5.82 Å². The van der Waals surface area contributed by atoms with Crippen LogP contribution in [0.25, 0.3) is 10.9 Å². The lowest BCUT2D eigenvalue weighted by Crippen LogP contribution is -2.63. The van der Waals surface area contributed by atoms with E-state index in [9.17, 15) is 33.6 Å². The number of aromatic nitrogens is 1. The lowest BCUT2D eigenvalue weighted by atomic mass is 9.95. The molecule has 0 radical (unpaired) electrons. The van der Waals surface area contributed by atoms with Gasteiger partial charge in [0.15, 0.2) is 0 Å². The fourth-order valence-corrected chi connectivity index (χ4v) is 12.3. The van der Waals surface area contributed by atoms with Gasteiger partial charge in [0.05, 0.1) is 19.8 Å². The second-order valence-electron chi connectivity index (χ2n) is 26.9. The SMILES string of the molecule is COc1ccc(C[C@@H]2NC(=O)[C@H]([C@@H](C)OC)NC(=O)[C@@H]3CCC(=O)NCc4cccc(c4)C[C@H](NC(=O)[C@@H](CNC(=O)OC(C)(C)C)NC(=O)[C@H](C)NC(=O)CCC(=O)NCc4ccc(cc4)CCNC(=O)[C@]4(C)CCCN4C2=O)C(=O)N[C@@H](Cc2c[nH]c4ccc(F)cc24)C(=O)N3C)cc1. The molecule has 11 N–H and O–H groups in total. The molecular formula is C72H92FN13O15. The molecule has 0 saturated carbocycles. The van der Waals surface area contributed by atoms with Gasteiger partial charge in [-0.2, -0.15) is 0 Å². The fourth-order valence-electron chi connectivity index (χ4n) is 12.3. The summed E-state index contributed by atoms with van der Waals surface area (Å²) in [6.07, 6.45) is -1.61. The Hall–Kier alpha value is -10.5. The van der Waals surface area contributed by atoms with Gasteiger partial charge in [0, 0.05) is 96.0 Å². The van der Waals surface area contributed by atoms with Crippen molar-refractivity contribution < 1.29 is 76.1 Å². The Kier molecular flexibility index (Phi) is 26.1. The van der Waals surface area contributed by atoms with Gasteiger partial charge in [-0.15, -0.1) is 0 Å². The molecule has 6 bridgehead atoms. The zero-order valence-electron chi connectivity index (χ0n) is 58.4. The zero-order valence-corrected chi connectivity index (χ0v) is 58.4. The first-order valence-electron chi connectivity index (χ1n) is 33.8. The topological polar surface area (TPSA) is 375 Å². The number of amides is 12. The predicted molar refractivity (Wildman–Crippen MR) is 368 cm³/mol. The Bertz CT molecular complexity index is 3860. The number of hydrogen-bond acceptors (Lipinski definition) is 15. The summed E-state index contributed by atoms with van der Waals surface area (Å²) in [4.78, 5) is 179. The Morgan fingerprint density at radius 2 is 1.33 bits per heavy atom. The van der Waals surface area contributed by atoms with Crippen LogP contribution in [0.2, 0.25) is 0 Å². The van der Waals surface area contributed by atoms with Crippen LogP contribution in [0.4, 0.5) is 9.18 Å². The lowest BCUT2D eigenvalue weighted by molar-refractivity contribution is -0.147. The lowest BCUT2D eigenvalue weighted by Gasteiger charge is -2.37. The molecule has 9 atom stereocenters. The van der Waals surface area contributed by atoms with Crippen molar-refractivity contribution in [1.82, 2.24) is 68.0 Å². The summed E-state index contributed by atoms with van der Waals surface area (Å²) < 4.78 is 31.6. The summed E-state index contributed by atoms with van der Waals surface area (Å²) in [6.45, 7) is 9.04. The van der Waals surface area contributed by atoms with E-state index in [1.165, 1.54) is 64.4 Å². The summed E-state index contributed by atoms with van der Waals surface area (Å²) in [7, 11) is 4.05. The molecule has 5 aromatic rings. The molecule has 101 heavy (non-hydrogen) atoms. The third-order valence-electron chi connectivity index (χ3n) is 18.2. The molecule has 4 aromatic carbocycles. The maximum atomic E-state index is 15.6. The average Bonchev–Trinajstić information content (AvgIpc) is 1.70. The highest BCUT2D eigenvalue weighted by atomic mass is 19.1. The summed E-state index contributed by atoms with van der Waals surface area (Å²) in [5.41, 5.74) is 1.57. The molecule has 28 nitrogen and oxygen atoms in total. The molecule has 29 heteroatoms. The number of benzene rings is 4. The first-order valence-corrected chi connectivity index (χ1v) is 33.8. The normalized spacial score (nSPS) is 23.9. The first-order chi connectivity index (χ1) is 48.0. The molecule has 0 aliphatic carbocycles. The monoisotopic (exact) mass is 1400 g/mol.